The quantitative estimate of drug-likeness (QED) is 0.108. The van der Waals surface area contributed by atoms with Gasteiger partial charge in [0.25, 0.3) is 0 Å². The van der Waals surface area contributed by atoms with Gasteiger partial charge in [-0.1, -0.05) is 66.7 Å². The largest absolute Gasteiger partial charge is 0.427 e. The molecular formula is C36H24F3NO5. The Bertz CT molecular complexity index is 1890. The molecule has 1 fully saturated rings. The Morgan fingerprint density at radius 2 is 1.40 bits per heavy atom. The van der Waals surface area contributed by atoms with Gasteiger partial charge in [0.15, 0.2) is 17.3 Å². The predicted molar refractivity (Wildman–Crippen MR) is 159 cm³/mol. The number of anilines is 1. The standard InChI is InChI=1S/C36H24F3NO5/c1-20(41)45-25-17-12-23(13-18-25)32(42)31-30(22-10-15-24(16-11-22)36(37,38)39)35(33(43)26-7-3-4-8-27(26)34(35)44)29-19-14-21-6-2-5-9-28(21)40(29)31/h2-19,29-31H,1H3. The summed E-state index contributed by atoms with van der Waals surface area (Å²) in [7, 11) is 0. The van der Waals surface area contributed by atoms with E-state index in [2.05, 4.69) is 0 Å². The van der Waals surface area contributed by atoms with Crippen LogP contribution in [0.1, 0.15) is 60.6 Å². The molecule has 0 saturated carbocycles. The van der Waals surface area contributed by atoms with Crippen molar-refractivity contribution in [3.8, 4) is 5.75 Å². The van der Waals surface area contributed by atoms with Gasteiger partial charge >= 0.3 is 12.1 Å². The number of hydrogen-bond acceptors (Lipinski definition) is 6. The molecule has 0 radical (unpaired) electrons. The van der Waals surface area contributed by atoms with Gasteiger partial charge in [0.1, 0.15) is 17.2 Å². The zero-order valence-corrected chi connectivity index (χ0v) is 23.7. The van der Waals surface area contributed by atoms with E-state index < -0.39 is 58.5 Å². The minimum absolute atomic E-state index is 0.213. The number of carbonyl (C=O) groups excluding carboxylic acids is 4. The normalized spacial score (nSPS) is 21.0. The highest BCUT2D eigenvalue weighted by Crippen LogP contribution is 2.61. The summed E-state index contributed by atoms with van der Waals surface area (Å²) in [4.78, 5) is 57.2. The van der Waals surface area contributed by atoms with Gasteiger partial charge in [0.2, 0.25) is 0 Å². The van der Waals surface area contributed by atoms with Gasteiger partial charge in [0, 0.05) is 35.2 Å². The van der Waals surface area contributed by atoms with E-state index in [1.807, 2.05) is 18.2 Å². The molecule has 3 aliphatic rings. The topological polar surface area (TPSA) is 80.8 Å². The van der Waals surface area contributed by atoms with E-state index in [1.165, 1.54) is 43.3 Å². The van der Waals surface area contributed by atoms with Crippen LogP contribution in [0, 0.1) is 5.41 Å². The Kier molecular flexibility index (Phi) is 6.40. The third-order valence-corrected chi connectivity index (χ3v) is 8.98. The van der Waals surface area contributed by atoms with Crippen molar-refractivity contribution in [1.29, 1.82) is 0 Å². The SMILES string of the molecule is CC(=O)Oc1ccc(C(=O)C2C(c3ccc(C(F)(F)F)cc3)C3(C(=O)c4ccccc4C3=O)C3C=Cc4ccccc4N23)cc1. The lowest BCUT2D eigenvalue weighted by atomic mass is 9.64. The first-order valence-corrected chi connectivity index (χ1v) is 14.3. The first-order valence-electron chi connectivity index (χ1n) is 14.3. The number of ether oxygens (including phenoxy) is 1. The molecule has 2 heterocycles. The number of alkyl halides is 3. The molecule has 1 spiro atoms. The summed E-state index contributed by atoms with van der Waals surface area (Å²) in [6.45, 7) is 1.25. The number of ketones is 3. The first kappa shape index (κ1) is 28.5. The Morgan fingerprint density at radius 3 is 2.00 bits per heavy atom. The van der Waals surface area contributed by atoms with Gasteiger partial charge < -0.3 is 9.64 Å². The second-order valence-electron chi connectivity index (χ2n) is 11.4. The lowest BCUT2D eigenvalue weighted by Crippen LogP contribution is -2.48. The molecule has 0 N–H and O–H groups in total. The predicted octanol–water partition coefficient (Wildman–Crippen LogP) is 6.95. The second-order valence-corrected chi connectivity index (χ2v) is 11.4. The molecule has 4 aromatic rings. The number of hydrogen-bond donors (Lipinski definition) is 0. The molecule has 0 aromatic heterocycles. The minimum atomic E-state index is -4.61. The molecule has 6 nitrogen and oxygen atoms in total. The van der Waals surface area contributed by atoms with E-state index in [9.17, 15) is 32.3 Å². The van der Waals surface area contributed by atoms with Gasteiger partial charge in [-0.2, -0.15) is 13.2 Å². The van der Waals surface area contributed by atoms with Crippen LogP contribution < -0.4 is 9.64 Å². The summed E-state index contributed by atoms with van der Waals surface area (Å²) >= 11 is 0. The average Bonchev–Trinajstić information content (AvgIpc) is 3.46. The summed E-state index contributed by atoms with van der Waals surface area (Å²) in [6, 6.07) is 21.9. The van der Waals surface area contributed by atoms with E-state index >= 15 is 0 Å². The van der Waals surface area contributed by atoms with Crippen molar-refractivity contribution in [1.82, 2.24) is 0 Å². The van der Waals surface area contributed by atoms with Crippen LogP contribution in [0.4, 0.5) is 18.9 Å². The highest BCUT2D eigenvalue weighted by Gasteiger charge is 2.71. The number of rotatable bonds is 4. The van der Waals surface area contributed by atoms with Gasteiger partial charge in [-0.3, -0.25) is 19.2 Å². The number of nitrogens with zero attached hydrogens (tertiary/aromatic N) is 1. The molecule has 3 atom stereocenters. The smallest absolute Gasteiger partial charge is 0.416 e. The van der Waals surface area contributed by atoms with Gasteiger partial charge in [-0.05, 0) is 53.6 Å². The number of halogens is 3. The molecule has 2 aliphatic heterocycles. The van der Waals surface area contributed by atoms with Crippen molar-refractivity contribution >= 4 is 35.1 Å². The van der Waals surface area contributed by atoms with Crippen LogP contribution in [-0.2, 0) is 11.0 Å². The van der Waals surface area contributed by atoms with Crippen molar-refractivity contribution in [3.63, 3.8) is 0 Å². The van der Waals surface area contributed by atoms with E-state index in [-0.39, 0.29) is 28.0 Å². The summed E-state index contributed by atoms with van der Waals surface area (Å²) < 4.78 is 46.0. The van der Waals surface area contributed by atoms with E-state index in [4.69, 9.17) is 4.74 Å². The van der Waals surface area contributed by atoms with Crippen LogP contribution >= 0.6 is 0 Å². The van der Waals surface area contributed by atoms with Gasteiger partial charge in [0.05, 0.1) is 11.6 Å². The van der Waals surface area contributed by atoms with Crippen LogP contribution in [0.5, 0.6) is 5.75 Å². The first-order chi connectivity index (χ1) is 21.5. The highest BCUT2D eigenvalue weighted by atomic mass is 19.4. The van der Waals surface area contributed by atoms with Crippen LogP contribution in [0.25, 0.3) is 6.08 Å². The Balaban J connectivity index is 1.48. The van der Waals surface area contributed by atoms with Crippen molar-refractivity contribution in [2.75, 3.05) is 4.90 Å². The molecule has 1 saturated heterocycles. The monoisotopic (exact) mass is 607 g/mol. The van der Waals surface area contributed by atoms with Crippen LogP contribution in [0.3, 0.4) is 0 Å². The maximum Gasteiger partial charge on any atom is 0.416 e. The van der Waals surface area contributed by atoms with Crippen LogP contribution in [0.15, 0.2) is 103 Å². The van der Waals surface area contributed by atoms with Crippen molar-refractivity contribution in [3.05, 3.63) is 137 Å². The third-order valence-electron chi connectivity index (χ3n) is 8.98. The lowest BCUT2D eigenvalue weighted by molar-refractivity contribution is -0.137. The molecule has 4 aromatic carbocycles. The molecular weight excluding hydrogens is 583 g/mol. The molecule has 3 unspecified atom stereocenters. The zero-order valence-electron chi connectivity index (χ0n) is 23.7. The molecule has 1 aliphatic carbocycles. The number of Topliss-reactive ketones (excluding diaryl/α,β-unsaturated/α-hetero) is 3. The van der Waals surface area contributed by atoms with Crippen molar-refractivity contribution < 1.29 is 37.1 Å². The molecule has 224 valence electrons. The van der Waals surface area contributed by atoms with Gasteiger partial charge in [-0.25, -0.2) is 0 Å². The molecule has 7 rings (SSSR count). The maximum absolute atomic E-state index is 14.7. The van der Waals surface area contributed by atoms with E-state index in [1.54, 1.807) is 47.4 Å². The van der Waals surface area contributed by atoms with Gasteiger partial charge in [-0.15, -0.1) is 0 Å². The van der Waals surface area contributed by atoms with Crippen molar-refractivity contribution in [2.45, 2.75) is 31.1 Å². The number of benzene rings is 4. The van der Waals surface area contributed by atoms with Crippen molar-refractivity contribution in [2.24, 2.45) is 5.41 Å². The summed E-state index contributed by atoms with van der Waals surface area (Å²) in [5.74, 6) is -2.87. The molecule has 0 bridgehead atoms. The number of carbonyl (C=O) groups is 4. The molecule has 45 heavy (non-hydrogen) atoms. The number of fused-ring (bicyclic) bond motifs is 5. The van der Waals surface area contributed by atoms with E-state index in [0.717, 1.165) is 17.7 Å². The lowest BCUT2D eigenvalue weighted by Gasteiger charge is -2.37. The van der Waals surface area contributed by atoms with Crippen LogP contribution in [0.2, 0.25) is 0 Å². The Labute approximate surface area is 255 Å². The maximum atomic E-state index is 14.7. The summed E-state index contributed by atoms with van der Waals surface area (Å²) in [6.07, 6.45) is -1.05. The Morgan fingerprint density at radius 1 is 0.800 bits per heavy atom. The third kappa shape index (κ3) is 4.18. The van der Waals surface area contributed by atoms with E-state index in [0.29, 0.717) is 5.69 Å². The number of esters is 1. The average molecular weight is 608 g/mol. The highest BCUT2D eigenvalue weighted by molar-refractivity contribution is 6.32. The fraction of sp³-hybridized carbons (Fsp3) is 0.167. The summed E-state index contributed by atoms with van der Waals surface area (Å²) in [5, 5.41) is 0. The Hall–Kier alpha value is -5.31. The minimum Gasteiger partial charge on any atom is -0.427 e. The number of para-hydroxylation sites is 1. The summed E-state index contributed by atoms with van der Waals surface area (Å²) in [5.41, 5.74) is -0.460. The molecule has 0 amide bonds. The van der Waals surface area contributed by atoms with Crippen LogP contribution in [-0.4, -0.2) is 35.4 Å². The second kappa shape index (κ2) is 10.1. The molecule has 9 heteroatoms. The zero-order chi connectivity index (χ0) is 31.7. The fourth-order valence-electron chi connectivity index (χ4n) is 7.19. The fourth-order valence-corrected chi connectivity index (χ4v) is 7.19.